The van der Waals surface area contributed by atoms with Crippen LogP contribution >= 0.6 is 11.6 Å². The summed E-state index contributed by atoms with van der Waals surface area (Å²) >= 11 is 6.13. The SMILES string of the molecule is COc1ccc(CN(C(=O)COc2ccccc2Cl)C(C)C(=O)NCc2cccnc2)cc1. The number of hydrogen-bond acceptors (Lipinski definition) is 5. The van der Waals surface area contributed by atoms with Crippen LogP contribution in [0.5, 0.6) is 11.5 Å². The number of ether oxygens (including phenoxy) is 2. The maximum Gasteiger partial charge on any atom is 0.261 e. The van der Waals surface area contributed by atoms with Crippen molar-refractivity contribution in [2.75, 3.05) is 13.7 Å². The molecule has 2 amide bonds. The summed E-state index contributed by atoms with van der Waals surface area (Å²) in [5, 5.41) is 3.28. The smallest absolute Gasteiger partial charge is 0.261 e. The summed E-state index contributed by atoms with van der Waals surface area (Å²) in [5.41, 5.74) is 1.72. The first-order valence-electron chi connectivity index (χ1n) is 10.4. The number of methoxy groups -OCH3 is 1. The minimum Gasteiger partial charge on any atom is -0.497 e. The molecule has 1 aromatic heterocycles. The lowest BCUT2D eigenvalue weighted by Crippen LogP contribution is -2.48. The molecule has 172 valence electrons. The van der Waals surface area contributed by atoms with Crippen molar-refractivity contribution in [2.24, 2.45) is 0 Å². The summed E-state index contributed by atoms with van der Waals surface area (Å²) in [7, 11) is 1.59. The van der Waals surface area contributed by atoms with E-state index < -0.39 is 6.04 Å². The van der Waals surface area contributed by atoms with E-state index in [0.717, 1.165) is 11.1 Å². The zero-order chi connectivity index (χ0) is 23.6. The highest BCUT2D eigenvalue weighted by Gasteiger charge is 2.26. The summed E-state index contributed by atoms with van der Waals surface area (Å²) < 4.78 is 10.8. The Morgan fingerprint density at radius 3 is 2.48 bits per heavy atom. The Kier molecular flexibility index (Phi) is 8.66. The minimum atomic E-state index is -0.730. The number of nitrogens with zero attached hydrogens (tertiary/aromatic N) is 2. The van der Waals surface area contributed by atoms with Gasteiger partial charge in [0, 0.05) is 25.5 Å². The third-order valence-corrected chi connectivity index (χ3v) is 5.37. The second kappa shape index (κ2) is 11.9. The number of amides is 2. The van der Waals surface area contributed by atoms with E-state index >= 15 is 0 Å². The summed E-state index contributed by atoms with van der Waals surface area (Å²) in [5.74, 6) is 0.500. The van der Waals surface area contributed by atoms with Crippen LogP contribution in [0, 0.1) is 0 Å². The van der Waals surface area contributed by atoms with Gasteiger partial charge in [0.05, 0.1) is 12.1 Å². The Hall–Kier alpha value is -3.58. The largest absolute Gasteiger partial charge is 0.497 e. The molecule has 7 nitrogen and oxygen atoms in total. The van der Waals surface area contributed by atoms with Gasteiger partial charge in [-0.15, -0.1) is 0 Å². The van der Waals surface area contributed by atoms with Crippen molar-refractivity contribution in [2.45, 2.75) is 26.1 Å². The molecule has 1 atom stereocenters. The molecule has 0 fully saturated rings. The van der Waals surface area contributed by atoms with E-state index in [2.05, 4.69) is 10.3 Å². The van der Waals surface area contributed by atoms with Crippen LogP contribution < -0.4 is 14.8 Å². The number of hydrogen-bond donors (Lipinski definition) is 1. The highest BCUT2D eigenvalue weighted by Crippen LogP contribution is 2.23. The second-order valence-corrected chi connectivity index (χ2v) is 7.75. The van der Waals surface area contributed by atoms with Gasteiger partial charge in [0.15, 0.2) is 6.61 Å². The quantitative estimate of drug-likeness (QED) is 0.489. The predicted molar refractivity (Wildman–Crippen MR) is 126 cm³/mol. The van der Waals surface area contributed by atoms with Crippen molar-refractivity contribution >= 4 is 23.4 Å². The van der Waals surface area contributed by atoms with Gasteiger partial charge in [0.2, 0.25) is 5.91 Å². The molecule has 0 aliphatic carbocycles. The van der Waals surface area contributed by atoms with Crippen LogP contribution in [0.15, 0.2) is 73.1 Å². The van der Waals surface area contributed by atoms with Gasteiger partial charge < -0.3 is 19.7 Å². The molecule has 3 rings (SSSR count). The first-order valence-corrected chi connectivity index (χ1v) is 10.8. The Morgan fingerprint density at radius 1 is 1.06 bits per heavy atom. The molecular weight excluding hydrogens is 442 g/mol. The molecule has 0 bridgehead atoms. The van der Waals surface area contributed by atoms with Crippen molar-refractivity contribution in [1.82, 2.24) is 15.2 Å². The molecule has 0 radical (unpaired) electrons. The van der Waals surface area contributed by atoms with Crippen molar-refractivity contribution in [3.63, 3.8) is 0 Å². The van der Waals surface area contributed by atoms with Crippen molar-refractivity contribution in [1.29, 1.82) is 0 Å². The van der Waals surface area contributed by atoms with Crippen LogP contribution in [0.25, 0.3) is 0 Å². The van der Waals surface area contributed by atoms with Gasteiger partial charge in [-0.1, -0.05) is 41.9 Å². The number of benzene rings is 2. The number of pyridine rings is 1. The second-order valence-electron chi connectivity index (χ2n) is 7.34. The fourth-order valence-corrected chi connectivity index (χ4v) is 3.32. The summed E-state index contributed by atoms with van der Waals surface area (Å²) in [6.07, 6.45) is 3.35. The summed E-state index contributed by atoms with van der Waals surface area (Å²) in [6, 6.07) is 17.2. The lowest BCUT2D eigenvalue weighted by atomic mass is 10.1. The lowest BCUT2D eigenvalue weighted by Gasteiger charge is -2.29. The van der Waals surface area contributed by atoms with Gasteiger partial charge in [-0.3, -0.25) is 14.6 Å². The topological polar surface area (TPSA) is 80.8 Å². The molecule has 1 heterocycles. The van der Waals surface area contributed by atoms with Crippen LogP contribution in [-0.4, -0.2) is 41.5 Å². The molecule has 3 aromatic rings. The van der Waals surface area contributed by atoms with Gasteiger partial charge in [-0.05, 0) is 48.4 Å². The predicted octanol–water partition coefficient (Wildman–Crippen LogP) is 3.86. The highest BCUT2D eigenvalue weighted by atomic mass is 35.5. The average molecular weight is 468 g/mol. The Morgan fingerprint density at radius 2 is 1.82 bits per heavy atom. The lowest BCUT2D eigenvalue weighted by molar-refractivity contribution is -0.142. The van der Waals surface area contributed by atoms with Crippen molar-refractivity contribution in [3.05, 3.63) is 89.2 Å². The third-order valence-electron chi connectivity index (χ3n) is 5.06. The van der Waals surface area contributed by atoms with E-state index in [1.165, 1.54) is 4.90 Å². The Bertz CT molecular complexity index is 1060. The normalized spacial score (nSPS) is 11.4. The fourth-order valence-electron chi connectivity index (χ4n) is 3.13. The molecule has 0 spiro atoms. The third kappa shape index (κ3) is 6.95. The number of rotatable bonds is 10. The number of carbonyl (C=O) groups is 2. The molecule has 0 saturated heterocycles. The molecule has 1 N–H and O–H groups in total. The summed E-state index contributed by atoms with van der Waals surface area (Å²) in [4.78, 5) is 31.5. The molecule has 0 aliphatic rings. The molecular formula is C25H26ClN3O4. The van der Waals surface area contributed by atoms with Crippen molar-refractivity contribution < 1.29 is 19.1 Å². The Labute approximate surface area is 198 Å². The first kappa shape index (κ1) is 24.1. The molecule has 2 aromatic carbocycles. The van der Waals surface area contributed by atoms with Gasteiger partial charge in [-0.25, -0.2) is 0 Å². The van der Waals surface area contributed by atoms with Crippen molar-refractivity contribution in [3.8, 4) is 11.5 Å². The average Bonchev–Trinajstić information content (AvgIpc) is 2.85. The van der Waals surface area contributed by atoms with Crippen LogP contribution in [0.2, 0.25) is 5.02 Å². The maximum atomic E-state index is 13.1. The van der Waals surface area contributed by atoms with Crippen LogP contribution in [0.1, 0.15) is 18.1 Å². The molecule has 1 unspecified atom stereocenters. The number of para-hydroxylation sites is 1. The Balaban J connectivity index is 1.71. The highest BCUT2D eigenvalue weighted by molar-refractivity contribution is 6.32. The minimum absolute atomic E-state index is 0.232. The number of halogens is 1. The van der Waals surface area contributed by atoms with Crippen LogP contribution in [-0.2, 0) is 22.7 Å². The van der Waals surface area contributed by atoms with E-state index in [4.69, 9.17) is 21.1 Å². The first-order chi connectivity index (χ1) is 16.0. The van der Waals surface area contributed by atoms with E-state index in [0.29, 0.717) is 23.1 Å². The zero-order valence-corrected chi connectivity index (χ0v) is 19.3. The molecule has 0 saturated carbocycles. The number of aromatic nitrogens is 1. The van der Waals surface area contributed by atoms with Crippen LogP contribution in [0.4, 0.5) is 0 Å². The van der Waals surface area contributed by atoms with E-state index in [9.17, 15) is 9.59 Å². The number of nitrogens with one attached hydrogen (secondary N) is 1. The van der Waals surface area contributed by atoms with E-state index in [1.807, 2.05) is 30.3 Å². The van der Waals surface area contributed by atoms with Gasteiger partial charge in [-0.2, -0.15) is 0 Å². The maximum absolute atomic E-state index is 13.1. The molecule has 33 heavy (non-hydrogen) atoms. The molecule has 8 heteroatoms. The summed E-state index contributed by atoms with van der Waals surface area (Å²) in [6.45, 7) is 1.99. The number of carbonyl (C=O) groups excluding carboxylic acids is 2. The van der Waals surface area contributed by atoms with E-state index in [1.54, 1.807) is 56.8 Å². The van der Waals surface area contributed by atoms with Gasteiger partial charge in [0.1, 0.15) is 17.5 Å². The molecule has 0 aliphatic heterocycles. The van der Waals surface area contributed by atoms with E-state index in [-0.39, 0.29) is 25.0 Å². The zero-order valence-electron chi connectivity index (χ0n) is 18.5. The van der Waals surface area contributed by atoms with Crippen LogP contribution in [0.3, 0.4) is 0 Å². The van der Waals surface area contributed by atoms with Gasteiger partial charge in [0.25, 0.3) is 5.91 Å². The van der Waals surface area contributed by atoms with Gasteiger partial charge >= 0.3 is 0 Å². The standard InChI is InChI=1S/C25H26ClN3O4/c1-18(25(31)28-15-20-6-5-13-27-14-20)29(16-19-9-11-21(32-2)12-10-19)24(30)17-33-23-8-4-3-7-22(23)26/h3-14,18H,15-17H2,1-2H3,(H,28,31). The fraction of sp³-hybridized carbons (Fsp3) is 0.240. The monoisotopic (exact) mass is 467 g/mol.